The molecule has 0 bridgehead atoms. The molecule has 3 amide bonds. The largest absolute Gasteiger partial charge is 0.354 e. The quantitative estimate of drug-likeness (QED) is 0.299. The fraction of sp³-hybridized carbons (Fsp3) is 0.400. The zero-order chi connectivity index (χ0) is 16.8. The third kappa shape index (κ3) is 5.52. The van der Waals surface area contributed by atoms with Crippen molar-refractivity contribution in [2.24, 2.45) is 4.99 Å². The molecule has 1 aliphatic heterocycles. The molecule has 0 spiro atoms. The van der Waals surface area contributed by atoms with Crippen LogP contribution in [0.1, 0.15) is 5.56 Å². The molecule has 2 N–H and O–H groups in total. The van der Waals surface area contributed by atoms with E-state index in [0.29, 0.717) is 30.6 Å². The van der Waals surface area contributed by atoms with E-state index >= 15 is 0 Å². The number of nitrogens with one attached hydrogen (secondary N) is 2. The van der Waals surface area contributed by atoms with Crippen molar-refractivity contribution in [3.8, 4) is 0 Å². The molecule has 0 radical (unpaired) electrons. The summed E-state index contributed by atoms with van der Waals surface area (Å²) in [6.07, 6.45) is 0. The van der Waals surface area contributed by atoms with Crippen LogP contribution in [0.3, 0.4) is 0 Å². The Morgan fingerprint density at radius 2 is 2.21 bits per heavy atom. The van der Waals surface area contributed by atoms with E-state index in [9.17, 15) is 9.59 Å². The van der Waals surface area contributed by atoms with Gasteiger partial charge in [0.1, 0.15) is 0 Å². The van der Waals surface area contributed by atoms with Gasteiger partial charge in [0, 0.05) is 38.8 Å². The second-order valence-electron chi connectivity index (χ2n) is 5.16. The topological polar surface area (TPSA) is 77.0 Å². The van der Waals surface area contributed by atoms with Gasteiger partial charge < -0.3 is 15.5 Å². The number of aliphatic imine (C=N–C) groups is 1. The number of urea groups is 1. The molecule has 1 aliphatic rings. The van der Waals surface area contributed by atoms with Crippen LogP contribution in [0, 0.1) is 0 Å². The Morgan fingerprint density at radius 1 is 1.46 bits per heavy atom. The summed E-state index contributed by atoms with van der Waals surface area (Å²) >= 11 is 5.99. The van der Waals surface area contributed by atoms with Crippen molar-refractivity contribution >= 4 is 53.5 Å². The molecular weight excluding hydrogens is 445 g/mol. The summed E-state index contributed by atoms with van der Waals surface area (Å²) in [5.74, 6) is 0.469. The first kappa shape index (κ1) is 20.5. The summed E-state index contributed by atoms with van der Waals surface area (Å²) in [7, 11) is 3.59. The highest BCUT2D eigenvalue weighted by atomic mass is 127. The summed E-state index contributed by atoms with van der Waals surface area (Å²) in [4.78, 5) is 30.3. The predicted molar refractivity (Wildman–Crippen MR) is 105 cm³/mol. The predicted octanol–water partition coefficient (Wildman–Crippen LogP) is 1.52. The fourth-order valence-corrected chi connectivity index (χ4v) is 2.54. The maximum atomic E-state index is 11.5. The zero-order valence-electron chi connectivity index (χ0n) is 13.6. The highest BCUT2D eigenvalue weighted by Crippen LogP contribution is 2.12. The molecule has 0 unspecified atom stereocenters. The Bertz CT molecular complexity index is 610. The van der Waals surface area contributed by atoms with E-state index in [4.69, 9.17) is 11.6 Å². The molecule has 24 heavy (non-hydrogen) atoms. The van der Waals surface area contributed by atoms with Gasteiger partial charge in [0.2, 0.25) is 5.91 Å². The first-order chi connectivity index (χ1) is 11.0. The number of imide groups is 1. The fourth-order valence-electron chi connectivity index (χ4n) is 2.33. The molecule has 132 valence electrons. The van der Waals surface area contributed by atoms with Crippen molar-refractivity contribution in [1.82, 2.24) is 20.4 Å². The van der Waals surface area contributed by atoms with Gasteiger partial charge in [-0.05, 0) is 17.7 Å². The van der Waals surface area contributed by atoms with E-state index in [1.807, 2.05) is 36.2 Å². The third-order valence-electron chi connectivity index (χ3n) is 3.44. The molecule has 7 nitrogen and oxygen atoms in total. The first-order valence-electron chi connectivity index (χ1n) is 7.25. The standard InChI is InChI=1S/C15H20ClN5O2.HI/c1-17-14(18-6-7-21-13(22)9-19-15(21)23)20(2)10-11-4-3-5-12(16)8-11;/h3-5,8H,6-7,9-10H2,1-2H3,(H,17,18)(H,19,23);1H. The van der Waals surface area contributed by atoms with Gasteiger partial charge in [-0.1, -0.05) is 23.7 Å². The molecule has 0 aliphatic carbocycles. The lowest BCUT2D eigenvalue weighted by molar-refractivity contribution is -0.124. The van der Waals surface area contributed by atoms with Gasteiger partial charge in [-0.15, -0.1) is 24.0 Å². The molecular formula is C15H21ClIN5O2. The van der Waals surface area contributed by atoms with Crippen molar-refractivity contribution in [3.63, 3.8) is 0 Å². The second kappa shape index (κ2) is 9.67. The monoisotopic (exact) mass is 465 g/mol. The lowest BCUT2D eigenvalue weighted by Gasteiger charge is -2.23. The van der Waals surface area contributed by atoms with Crippen LogP contribution >= 0.6 is 35.6 Å². The van der Waals surface area contributed by atoms with Gasteiger partial charge in [-0.3, -0.25) is 14.7 Å². The molecule has 0 saturated carbocycles. The minimum atomic E-state index is -0.348. The Kier molecular flexibility index (Phi) is 8.26. The second-order valence-corrected chi connectivity index (χ2v) is 5.60. The lowest BCUT2D eigenvalue weighted by Crippen LogP contribution is -2.43. The Labute approximate surface area is 163 Å². The Hall–Kier alpha value is -1.55. The Balaban J connectivity index is 0.00000288. The molecule has 1 fully saturated rings. The van der Waals surface area contributed by atoms with Gasteiger partial charge in [0.05, 0.1) is 6.54 Å². The van der Waals surface area contributed by atoms with Crippen molar-refractivity contribution in [1.29, 1.82) is 0 Å². The maximum absolute atomic E-state index is 11.5. The molecule has 1 saturated heterocycles. The molecule has 2 rings (SSSR count). The Morgan fingerprint density at radius 3 is 2.79 bits per heavy atom. The lowest BCUT2D eigenvalue weighted by atomic mass is 10.2. The minimum Gasteiger partial charge on any atom is -0.354 e. The van der Waals surface area contributed by atoms with Gasteiger partial charge in [-0.25, -0.2) is 4.79 Å². The molecule has 0 aromatic heterocycles. The van der Waals surface area contributed by atoms with Gasteiger partial charge in [-0.2, -0.15) is 0 Å². The number of hydrogen-bond donors (Lipinski definition) is 2. The first-order valence-corrected chi connectivity index (χ1v) is 7.63. The summed E-state index contributed by atoms with van der Waals surface area (Å²) in [6, 6.07) is 7.27. The van der Waals surface area contributed by atoms with Crippen molar-refractivity contribution in [3.05, 3.63) is 34.9 Å². The number of carbonyl (C=O) groups excluding carboxylic acids is 2. The van der Waals surface area contributed by atoms with Crippen LogP contribution in [0.2, 0.25) is 5.02 Å². The highest BCUT2D eigenvalue weighted by Gasteiger charge is 2.27. The average Bonchev–Trinajstić information content (AvgIpc) is 2.83. The van der Waals surface area contributed by atoms with Crippen LogP contribution in [0.25, 0.3) is 0 Å². The van der Waals surface area contributed by atoms with E-state index in [2.05, 4.69) is 15.6 Å². The van der Waals surface area contributed by atoms with Gasteiger partial charge in [0.15, 0.2) is 5.96 Å². The molecule has 9 heteroatoms. The van der Waals surface area contributed by atoms with E-state index in [1.165, 1.54) is 4.90 Å². The van der Waals surface area contributed by atoms with Crippen LogP contribution in [-0.4, -0.2) is 61.4 Å². The number of carbonyl (C=O) groups is 2. The van der Waals surface area contributed by atoms with Crippen molar-refractivity contribution < 1.29 is 9.59 Å². The van der Waals surface area contributed by atoms with Crippen LogP contribution in [-0.2, 0) is 11.3 Å². The summed E-state index contributed by atoms with van der Waals surface area (Å²) in [5, 5.41) is 6.32. The van der Waals surface area contributed by atoms with E-state index in [-0.39, 0.29) is 42.5 Å². The molecule has 1 heterocycles. The number of amides is 3. The summed E-state index contributed by atoms with van der Waals surface area (Å²) < 4.78 is 0. The van der Waals surface area contributed by atoms with E-state index in [1.54, 1.807) is 7.05 Å². The summed E-state index contributed by atoms with van der Waals surface area (Å²) in [6.45, 7) is 1.45. The average molecular weight is 466 g/mol. The minimum absolute atomic E-state index is 0. The molecule has 0 atom stereocenters. The van der Waals surface area contributed by atoms with Gasteiger partial charge >= 0.3 is 6.03 Å². The number of hydrogen-bond acceptors (Lipinski definition) is 3. The van der Waals surface area contributed by atoms with E-state index in [0.717, 1.165) is 5.56 Å². The maximum Gasteiger partial charge on any atom is 0.324 e. The SMILES string of the molecule is CN=C(NCCN1C(=O)CNC1=O)N(C)Cc1cccc(Cl)c1.I. The smallest absolute Gasteiger partial charge is 0.324 e. The van der Waals surface area contributed by atoms with Crippen LogP contribution in [0.15, 0.2) is 29.3 Å². The van der Waals surface area contributed by atoms with E-state index < -0.39 is 0 Å². The molecule has 1 aromatic carbocycles. The number of guanidine groups is 1. The van der Waals surface area contributed by atoms with Crippen molar-refractivity contribution in [2.75, 3.05) is 33.7 Å². The van der Waals surface area contributed by atoms with Crippen LogP contribution < -0.4 is 10.6 Å². The number of halogens is 2. The van der Waals surface area contributed by atoms with Crippen LogP contribution in [0.5, 0.6) is 0 Å². The highest BCUT2D eigenvalue weighted by molar-refractivity contribution is 14.0. The van der Waals surface area contributed by atoms with Crippen LogP contribution in [0.4, 0.5) is 4.79 Å². The zero-order valence-corrected chi connectivity index (χ0v) is 16.7. The normalized spacial score (nSPS) is 14.3. The summed E-state index contributed by atoms with van der Waals surface area (Å²) in [5.41, 5.74) is 1.07. The molecule has 1 aromatic rings. The van der Waals surface area contributed by atoms with Crippen molar-refractivity contribution in [2.45, 2.75) is 6.54 Å². The number of nitrogens with zero attached hydrogens (tertiary/aromatic N) is 3. The number of rotatable bonds is 5. The van der Waals surface area contributed by atoms with Gasteiger partial charge in [0.25, 0.3) is 0 Å². The third-order valence-corrected chi connectivity index (χ3v) is 3.67. The number of benzene rings is 1.